The Morgan fingerprint density at radius 1 is 1.00 bits per heavy atom. The molecule has 12 nitrogen and oxygen atoms in total. The maximum absolute atomic E-state index is 10.3. The molecule has 0 aliphatic heterocycles. The van der Waals surface area contributed by atoms with Gasteiger partial charge in [-0.15, -0.1) is 0 Å². The van der Waals surface area contributed by atoms with Crippen LogP contribution in [0.2, 0.25) is 0 Å². The third-order valence-electron chi connectivity index (χ3n) is 1.29. The van der Waals surface area contributed by atoms with Gasteiger partial charge in [-0.25, -0.2) is 13.2 Å². The number of aliphatic hydroxyl groups is 1. The third-order valence-corrected chi connectivity index (χ3v) is 1.29. The largest absolute Gasteiger partial charge is 1.00 e. The van der Waals surface area contributed by atoms with Crippen molar-refractivity contribution >= 4 is 28.3 Å². The summed E-state index contributed by atoms with van der Waals surface area (Å²) in [6.07, 6.45) is -2.29. The van der Waals surface area contributed by atoms with E-state index in [-0.39, 0.29) is 35.7 Å². The van der Waals surface area contributed by atoms with Crippen molar-refractivity contribution in [1.82, 2.24) is 6.15 Å². The SMILES string of the molecule is N.O=C(O)CC(O)(CC(=O)O)C(=O)O.O=S(=O)([O-])O.[Na+]. The Bertz CT molecular complexity index is 408. The van der Waals surface area contributed by atoms with E-state index in [1.807, 2.05) is 0 Å². The summed E-state index contributed by atoms with van der Waals surface area (Å²) in [5.41, 5.74) is -2.74. The Morgan fingerprint density at radius 3 is 1.30 bits per heavy atom. The molecule has 14 heteroatoms. The number of carboxylic acid groups (broad SMARTS) is 3. The Labute approximate surface area is 134 Å². The summed E-state index contributed by atoms with van der Waals surface area (Å²) in [5, 5.41) is 33.8. The van der Waals surface area contributed by atoms with Crippen molar-refractivity contribution in [2.24, 2.45) is 0 Å². The van der Waals surface area contributed by atoms with Gasteiger partial charge >= 0.3 is 47.5 Å². The van der Waals surface area contributed by atoms with Gasteiger partial charge in [0.05, 0.1) is 12.8 Å². The Kier molecular flexibility index (Phi) is 15.0. The van der Waals surface area contributed by atoms with Crippen LogP contribution in [0.5, 0.6) is 0 Å². The van der Waals surface area contributed by atoms with Crippen LogP contribution in [0.15, 0.2) is 0 Å². The fraction of sp³-hybridized carbons (Fsp3) is 0.500. The summed E-state index contributed by atoms with van der Waals surface area (Å²) in [6.45, 7) is 0. The van der Waals surface area contributed by atoms with Crippen LogP contribution in [0.25, 0.3) is 0 Å². The molecule has 0 spiro atoms. The van der Waals surface area contributed by atoms with Crippen molar-refractivity contribution in [1.29, 1.82) is 0 Å². The van der Waals surface area contributed by atoms with E-state index >= 15 is 0 Å². The summed E-state index contributed by atoms with van der Waals surface area (Å²) in [5.74, 6) is -5.02. The van der Waals surface area contributed by atoms with Gasteiger partial charge in [0.2, 0.25) is 10.4 Å². The Balaban J connectivity index is -0.000000158. The zero-order chi connectivity index (χ0) is 15.1. The molecule has 0 atom stereocenters. The van der Waals surface area contributed by atoms with Gasteiger partial charge in [-0.1, -0.05) is 0 Å². The smallest absolute Gasteiger partial charge is 0.726 e. The second-order valence-corrected chi connectivity index (χ2v) is 3.76. The normalized spacial score (nSPS) is 9.95. The number of rotatable bonds is 5. The second-order valence-electron chi connectivity index (χ2n) is 2.91. The minimum atomic E-state index is -4.92. The van der Waals surface area contributed by atoms with Crippen LogP contribution < -0.4 is 35.7 Å². The maximum Gasteiger partial charge on any atom is 1.00 e. The van der Waals surface area contributed by atoms with E-state index in [0.717, 1.165) is 0 Å². The van der Waals surface area contributed by atoms with Gasteiger partial charge in [-0.2, -0.15) is 0 Å². The zero-order valence-electron chi connectivity index (χ0n) is 10.2. The zero-order valence-corrected chi connectivity index (χ0v) is 13.0. The maximum atomic E-state index is 10.3. The molecule has 0 rings (SSSR count). The summed E-state index contributed by atoms with van der Waals surface area (Å²) < 4.78 is 32.8. The van der Waals surface area contributed by atoms with Gasteiger partial charge < -0.3 is 31.1 Å². The van der Waals surface area contributed by atoms with Gasteiger partial charge in [0, 0.05) is 0 Å². The molecule has 0 unspecified atom stereocenters. The molecule has 8 N–H and O–H groups in total. The molecule has 0 aromatic heterocycles. The molecule has 0 heterocycles. The van der Waals surface area contributed by atoms with E-state index in [9.17, 15) is 14.4 Å². The predicted molar refractivity (Wildman–Crippen MR) is 54.4 cm³/mol. The van der Waals surface area contributed by atoms with Crippen LogP contribution in [0.4, 0.5) is 0 Å². The minimum Gasteiger partial charge on any atom is -0.726 e. The molecule has 20 heavy (non-hydrogen) atoms. The first-order chi connectivity index (χ1) is 7.78. The van der Waals surface area contributed by atoms with Crippen molar-refractivity contribution in [3.05, 3.63) is 0 Å². The van der Waals surface area contributed by atoms with Gasteiger partial charge in [0.15, 0.2) is 5.60 Å². The van der Waals surface area contributed by atoms with Crippen molar-refractivity contribution in [3.63, 3.8) is 0 Å². The van der Waals surface area contributed by atoms with Crippen molar-refractivity contribution in [2.75, 3.05) is 0 Å². The van der Waals surface area contributed by atoms with Crippen molar-refractivity contribution in [2.45, 2.75) is 18.4 Å². The molecule has 0 saturated heterocycles. The summed E-state index contributed by atoms with van der Waals surface area (Å²) >= 11 is 0. The van der Waals surface area contributed by atoms with Crippen LogP contribution in [-0.4, -0.2) is 61.5 Å². The van der Waals surface area contributed by atoms with E-state index < -0.39 is 46.7 Å². The predicted octanol–water partition coefficient (Wildman–Crippen LogP) is -5.08. The van der Waals surface area contributed by atoms with Gasteiger partial charge in [-0.3, -0.25) is 14.1 Å². The molecule has 0 aliphatic rings. The van der Waals surface area contributed by atoms with Crippen molar-refractivity contribution < 1.29 is 81.9 Å². The first-order valence-corrected chi connectivity index (χ1v) is 5.22. The minimum absolute atomic E-state index is 0. The van der Waals surface area contributed by atoms with Gasteiger partial charge in [0.25, 0.3) is 0 Å². The van der Waals surface area contributed by atoms with Gasteiger partial charge in [-0.05, 0) is 0 Å². The quantitative estimate of drug-likeness (QED) is 0.157. The van der Waals surface area contributed by atoms with Crippen LogP contribution >= 0.6 is 0 Å². The molecule has 0 amide bonds. The average Bonchev–Trinajstić information content (AvgIpc) is 1.95. The molecule has 0 aliphatic carbocycles. The third kappa shape index (κ3) is 19.5. The Morgan fingerprint density at radius 2 is 1.20 bits per heavy atom. The first-order valence-electron chi connectivity index (χ1n) is 3.85. The first kappa shape index (κ1) is 27.5. The monoisotopic (exact) mass is 329 g/mol. The summed E-state index contributed by atoms with van der Waals surface area (Å²) in [4.78, 5) is 30.5. The molecular formula is C6H12NNaO11S. The summed E-state index contributed by atoms with van der Waals surface area (Å²) in [7, 11) is -4.92. The van der Waals surface area contributed by atoms with E-state index in [2.05, 4.69) is 0 Å². The molecule has 0 radical (unpaired) electrons. The molecule has 0 bridgehead atoms. The number of hydrogen-bond acceptors (Lipinski definition) is 8. The van der Waals surface area contributed by atoms with Crippen LogP contribution in [0, 0.1) is 0 Å². The summed E-state index contributed by atoms with van der Waals surface area (Å²) in [6, 6.07) is 0. The van der Waals surface area contributed by atoms with Gasteiger partial charge in [0.1, 0.15) is 0 Å². The van der Waals surface area contributed by atoms with E-state index in [1.165, 1.54) is 0 Å². The molecule has 0 aromatic rings. The van der Waals surface area contributed by atoms with Crippen LogP contribution in [0.3, 0.4) is 0 Å². The number of carbonyl (C=O) groups is 3. The number of hydrogen-bond donors (Lipinski definition) is 6. The second kappa shape index (κ2) is 10.9. The van der Waals surface area contributed by atoms with Crippen LogP contribution in [-0.2, 0) is 24.8 Å². The number of aliphatic carboxylic acids is 3. The fourth-order valence-corrected chi connectivity index (χ4v) is 0.714. The fourth-order valence-electron chi connectivity index (χ4n) is 0.714. The van der Waals surface area contributed by atoms with E-state index in [1.54, 1.807) is 0 Å². The average molecular weight is 329 g/mol. The Hall–Kier alpha value is -0.800. The van der Waals surface area contributed by atoms with Crippen molar-refractivity contribution in [3.8, 4) is 0 Å². The topological polar surface area (TPSA) is 245 Å². The van der Waals surface area contributed by atoms with E-state index in [0.29, 0.717) is 0 Å². The standard InChI is InChI=1S/C6H8O7.H3N.Na.H2O4S/c7-3(8)1-6(13,5(11)12)2-4(9)10;;;1-5(2,3)4/h13H,1-2H2,(H,7,8)(H,9,10)(H,11,12);1H3;;(H2,1,2,3,4)/q;;+1;/p-1. The van der Waals surface area contributed by atoms with Crippen LogP contribution in [0.1, 0.15) is 12.8 Å². The molecular weight excluding hydrogens is 317 g/mol. The number of carboxylic acids is 3. The van der Waals surface area contributed by atoms with E-state index in [4.69, 9.17) is 37.9 Å². The molecule has 114 valence electrons. The molecule has 0 saturated carbocycles. The molecule has 0 aromatic carbocycles. The molecule has 0 fully saturated rings.